The number of primary amides is 1. The monoisotopic (exact) mass is 301 g/mol. The van der Waals surface area contributed by atoms with Crippen molar-refractivity contribution in [2.75, 3.05) is 5.32 Å². The quantitative estimate of drug-likeness (QED) is 0.571. The molecule has 4 N–H and O–H groups in total. The molecule has 2 aromatic carbocycles. The normalized spacial score (nSPS) is 10.0. The van der Waals surface area contributed by atoms with Crippen molar-refractivity contribution >= 4 is 28.9 Å². The van der Waals surface area contributed by atoms with Crippen LogP contribution in [0.3, 0.4) is 0 Å². The first-order valence-electron chi connectivity index (χ1n) is 6.07. The first-order valence-corrected chi connectivity index (χ1v) is 6.07. The van der Waals surface area contributed by atoms with Crippen LogP contribution >= 0.6 is 0 Å². The van der Waals surface area contributed by atoms with Crippen LogP contribution in [0, 0.1) is 10.1 Å². The molecular weight excluding hydrogens is 290 g/mol. The molecule has 0 spiro atoms. The van der Waals surface area contributed by atoms with Crippen molar-refractivity contribution in [2.24, 2.45) is 5.73 Å². The van der Waals surface area contributed by atoms with E-state index in [1.807, 2.05) is 0 Å². The Labute approximate surface area is 124 Å². The Bertz CT molecular complexity index is 723. The Kier molecular flexibility index (Phi) is 4.03. The number of nitrogens with one attached hydrogen (secondary N) is 1. The minimum Gasteiger partial charge on any atom is -0.478 e. The van der Waals surface area contributed by atoms with Gasteiger partial charge in [0, 0.05) is 11.8 Å². The van der Waals surface area contributed by atoms with Gasteiger partial charge in [0.2, 0.25) is 0 Å². The predicted octanol–water partition coefficient (Wildman–Crippen LogP) is 2.14. The second-order valence-electron chi connectivity index (χ2n) is 4.34. The molecule has 8 nitrogen and oxygen atoms in total. The van der Waals surface area contributed by atoms with Crippen LogP contribution in [0.2, 0.25) is 0 Å². The van der Waals surface area contributed by atoms with E-state index in [9.17, 15) is 19.7 Å². The van der Waals surface area contributed by atoms with Crippen molar-refractivity contribution in [1.29, 1.82) is 0 Å². The van der Waals surface area contributed by atoms with Crippen LogP contribution < -0.4 is 11.1 Å². The third-order valence-corrected chi connectivity index (χ3v) is 2.87. The van der Waals surface area contributed by atoms with Crippen LogP contribution in [-0.2, 0) is 0 Å². The lowest BCUT2D eigenvalue weighted by atomic mass is 10.1. The van der Waals surface area contributed by atoms with E-state index in [-0.39, 0.29) is 16.8 Å². The maximum Gasteiger partial charge on any atom is 0.335 e. The van der Waals surface area contributed by atoms with Gasteiger partial charge in [-0.1, -0.05) is 18.2 Å². The molecule has 0 atom stereocenters. The number of carbonyl (C=O) groups is 2. The standard InChI is InChI=1S/C14H11N3O5/c15-13(18)10-6-8(14(19)20)7-11(17(21)22)12(10)16-9-4-2-1-3-5-9/h1-7,16H,(H2,15,18)(H,19,20). The van der Waals surface area contributed by atoms with Gasteiger partial charge in [-0.05, 0) is 18.2 Å². The fourth-order valence-electron chi connectivity index (χ4n) is 1.89. The summed E-state index contributed by atoms with van der Waals surface area (Å²) in [4.78, 5) is 33.0. The Morgan fingerprint density at radius 3 is 2.32 bits per heavy atom. The topological polar surface area (TPSA) is 136 Å². The van der Waals surface area contributed by atoms with E-state index in [1.165, 1.54) is 0 Å². The highest BCUT2D eigenvalue weighted by molar-refractivity contribution is 6.04. The molecule has 2 aromatic rings. The number of nitrogens with zero attached hydrogens (tertiary/aromatic N) is 1. The molecule has 0 radical (unpaired) electrons. The van der Waals surface area contributed by atoms with Crippen molar-refractivity contribution in [3.05, 3.63) is 63.7 Å². The molecule has 22 heavy (non-hydrogen) atoms. The zero-order valence-electron chi connectivity index (χ0n) is 11.1. The summed E-state index contributed by atoms with van der Waals surface area (Å²) in [5.74, 6) is -2.36. The molecule has 0 saturated carbocycles. The highest BCUT2D eigenvalue weighted by atomic mass is 16.6. The van der Waals surface area contributed by atoms with Crippen molar-refractivity contribution in [2.45, 2.75) is 0 Å². The fraction of sp³-hybridized carbons (Fsp3) is 0. The van der Waals surface area contributed by atoms with Gasteiger partial charge in [-0.3, -0.25) is 14.9 Å². The number of aromatic carboxylic acids is 1. The van der Waals surface area contributed by atoms with Gasteiger partial charge in [0.1, 0.15) is 5.69 Å². The second kappa shape index (κ2) is 5.92. The average molecular weight is 301 g/mol. The minimum atomic E-state index is -1.39. The van der Waals surface area contributed by atoms with E-state index in [0.717, 1.165) is 12.1 Å². The lowest BCUT2D eigenvalue weighted by molar-refractivity contribution is -0.384. The summed E-state index contributed by atoms with van der Waals surface area (Å²) in [7, 11) is 0. The molecule has 0 aromatic heterocycles. The van der Waals surface area contributed by atoms with Gasteiger partial charge in [-0.15, -0.1) is 0 Å². The predicted molar refractivity (Wildman–Crippen MR) is 78.3 cm³/mol. The van der Waals surface area contributed by atoms with Crippen molar-refractivity contribution < 1.29 is 19.6 Å². The van der Waals surface area contributed by atoms with Crippen LogP contribution in [-0.4, -0.2) is 21.9 Å². The lowest BCUT2D eigenvalue weighted by Gasteiger charge is -2.11. The molecule has 8 heteroatoms. The molecule has 0 aliphatic rings. The van der Waals surface area contributed by atoms with Crippen molar-refractivity contribution in [1.82, 2.24) is 0 Å². The molecule has 0 unspecified atom stereocenters. The highest BCUT2D eigenvalue weighted by Crippen LogP contribution is 2.32. The number of carboxylic acids is 1. The number of carboxylic acid groups (broad SMARTS) is 1. The largest absolute Gasteiger partial charge is 0.478 e. The molecule has 112 valence electrons. The fourth-order valence-corrected chi connectivity index (χ4v) is 1.89. The molecule has 0 aliphatic carbocycles. The summed E-state index contributed by atoms with van der Waals surface area (Å²) < 4.78 is 0. The van der Waals surface area contributed by atoms with E-state index < -0.39 is 22.5 Å². The van der Waals surface area contributed by atoms with Gasteiger partial charge in [0.25, 0.3) is 11.6 Å². The zero-order valence-corrected chi connectivity index (χ0v) is 11.1. The van der Waals surface area contributed by atoms with Gasteiger partial charge in [-0.2, -0.15) is 0 Å². The van der Waals surface area contributed by atoms with E-state index in [1.54, 1.807) is 30.3 Å². The van der Waals surface area contributed by atoms with Crippen molar-refractivity contribution in [3.8, 4) is 0 Å². The Morgan fingerprint density at radius 2 is 1.82 bits per heavy atom. The molecule has 2 rings (SSSR count). The maximum atomic E-state index is 11.5. The second-order valence-corrected chi connectivity index (χ2v) is 4.34. The third-order valence-electron chi connectivity index (χ3n) is 2.87. The summed E-state index contributed by atoms with van der Waals surface area (Å²) >= 11 is 0. The van der Waals surface area contributed by atoms with Crippen LogP contribution in [0.4, 0.5) is 17.1 Å². The number of hydrogen-bond donors (Lipinski definition) is 3. The lowest BCUT2D eigenvalue weighted by Crippen LogP contribution is -2.16. The van der Waals surface area contributed by atoms with Gasteiger partial charge in [-0.25, -0.2) is 4.79 Å². The number of rotatable bonds is 5. The number of amides is 1. The number of nitro groups is 1. The number of nitrogens with two attached hydrogens (primary N) is 1. The summed E-state index contributed by atoms with van der Waals surface area (Å²) in [6.07, 6.45) is 0. The summed E-state index contributed by atoms with van der Waals surface area (Å²) in [6.45, 7) is 0. The van der Waals surface area contributed by atoms with E-state index in [4.69, 9.17) is 10.8 Å². The van der Waals surface area contributed by atoms with E-state index in [0.29, 0.717) is 5.69 Å². The van der Waals surface area contributed by atoms with Crippen molar-refractivity contribution in [3.63, 3.8) is 0 Å². The number of carbonyl (C=O) groups excluding carboxylic acids is 1. The maximum absolute atomic E-state index is 11.5. The summed E-state index contributed by atoms with van der Waals surface area (Å²) in [6, 6.07) is 10.3. The molecule has 0 heterocycles. The first kappa shape index (κ1) is 15.0. The van der Waals surface area contributed by atoms with Gasteiger partial charge in [0.15, 0.2) is 0 Å². The third kappa shape index (κ3) is 3.01. The summed E-state index contributed by atoms with van der Waals surface area (Å²) in [5, 5.41) is 22.9. The molecule has 1 amide bonds. The van der Waals surface area contributed by atoms with E-state index >= 15 is 0 Å². The van der Waals surface area contributed by atoms with Crippen LogP contribution in [0.5, 0.6) is 0 Å². The smallest absolute Gasteiger partial charge is 0.335 e. The van der Waals surface area contributed by atoms with Gasteiger partial charge >= 0.3 is 5.97 Å². The number of benzene rings is 2. The minimum absolute atomic E-state index is 0.145. The first-order chi connectivity index (χ1) is 10.4. The van der Waals surface area contributed by atoms with Crippen LogP contribution in [0.15, 0.2) is 42.5 Å². The zero-order chi connectivity index (χ0) is 16.3. The number of nitro benzene ring substituents is 1. The number of hydrogen-bond acceptors (Lipinski definition) is 5. The van der Waals surface area contributed by atoms with Gasteiger partial charge in [0.05, 0.1) is 16.1 Å². The Hall–Kier alpha value is -3.42. The highest BCUT2D eigenvalue weighted by Gasteiger charge is 2.24. The average Bonchev–Trinajstić information content (AvgIpc) is 2.47. The Balaban J connectivity index is 2.66. The molecule has 0 saturated heterocycles. The van der Waals surface area contributed by atoms with Crippen LogP contribution in [0.25, 0.3) is 0 Å². The molecular formula is C14H11N3O5. The molecule has 0 aliphatic heterocycles. The SMILES string of the molecule is NC(=O)c1cc(C(=O)O)cc([N+](=O)[O-])c1Nc1ccccc1. The van der Waals surface area contributed by atoms with Crippen LogP contribution in [0.1, 0.15) is 20.7 Å². The summed E-state index contributed by atoms with van der Waals surface area (Å²) in [5.41, 5.74) is 4.36. The molecule has 0 fully saturated rings. The number of anilines is 2. The number of para-hydroxylation sites is 1. The van der Waals surface area contributed by atoms with Gasteiger partial charge < -0.3 is 16.2 Å². The molecule has 0 bridgehead atoms. The Morgan fingerprint density at radius 1 is 1.18 bits per heavy atom. The van der Waals surface area contributed by atoms with E-state index in [2.05, 4.69) is 5.32 Å².